The number of urea groups is 1. The van der Waals surface area contributed by atoms with Crippen molar-refractivity contribution in [3.8, 4) is 5.69 Å². The molecule has 0 saturated carbocycles. The molecule has 0 aliphatic carbocycles. The van der Waals surface area contributed by atoms with Crippen LogP contribution >= 0.6 is 0 Å². The molecule has 0 bridgehead atoms. The second-order valence-electron chi connectivity index (χ2n) is 9.22. The molecule has 0 saturated heterocycles. The Morgan fingerprint density at radius 1 is 0.947 bits per heavy atom. The third kappa shape index (κ3) is 6.36. The van der Waals surface area contributed by atoms with Gasteiger partial charge in [0.05, 0.1) is 23.2 Å². The number of carbonyl (C=O) groups is 2. The van der Waals surface area contributed by atoms with Gasteiger partial charge in [-0.1, -0.05) is 42.5 Å². The summed E-state index contributed by atoms with van der Waals surface area (Å²) >= 11 is 0. The smallest absolute Gasteiger partial charge is 0.325 e. The van der Waals surface area contributed by atoms with Crippen molar-refractivity contribution < 1.29 is 14.3 Å². The Labute approximate surface area is 221 Å². The number of benzene rings is 3. The lowest BCUT2D eigenvalue weighted by Gasteiger charge is -2.25. The van der Waals surface area contributed by atoms with Crippen LogP contribution in [0.5, 0.6) is 0 Å². The van der Waals surface area contributed by atoms with Crippen molar-refractivity contribution in [3.63, 3.8) is 0 Å². The Kier molecular flexibility index (Phi) is 8.70. The summed E-state index contributed by atoms with van der Waals surface area (Å²) in [6, 6.07) is 20.8. The normalized spacial score (nSPS) is 11.2. The van der Waals surface area contributed by atoms with Crippen LogP contribution in [0.15, 0.2) is 71.5 Å². The van der Waals surface area contributed by atoms with Crippen molar-refractivity contribution in [3.05, 3.63) is 82.9 Å². The fourth-order valence-corrected chi connectivity index (χ4v) is 4.27. The zero-order chi connectivity index (χ0) is 27.1. The summed E-state index contributed by atoms with van der Waals surface area (Å²) in [5.74, 6) is 0.0618. The van der Waals surface area contributed by atoms with Gasteiger partial charge in [-0.2, -0.15) is 0 Å². The second-order valence-corrected chi connectivity index (χ2v) is 9.22. The van der Waals surface area contributed by atoms with Crippen LogP contribution in [-0.2, 0) is 16.0 Å². The summed E-state index contributed by atoms with van der Waals surface area (Å²) < 4.78 is 6.55. The number of aromatic nitrogens is 2. The van der Waals surface area contributed by atoms with E-state index in [0.29, 0.717) is 48.5 Å². The second kappa shape index (κ2) is 12.3. The topological polar surface area (TPSA) is 96.8 Å². The Balaban J connectivity index is 1.67. The minimum atomic E-state index is -0.491. The number of esters is 1. The van der Waals surface area contributed by atoms with Crippen LogP contribution in [0.2, 0.25) is 0 Å². The van der Waals surface area contributed by atoms with E-state index in [1.54, 1.807) is 22.5 Å². The largest absolute Gasteiger partial charge is 0.465 e. The molecule has 198 valence electrons. The number of para-hydroxylation sites is 1. The van der Waals surface area contributed by atoms with Gasteiger partial charge in [-0.15, -0.1) is 0 Å². The van der Waals surface area contributed by atoms with Gasteiger partial charge in [-0.3, -0.25) is 14.2 Å². The maximum Gasteiger partial charge on any atom is 0.325 e. The molecule has 3 aromatic carbocycles. The zero-order valence-electron chi connectivity index (χ0n) is 22.0. The van der Waals surface area contributed by atoms with Crippen molar-refractivity contribution in [2.45, 2.75) is 13.3 Å². The molecule has 38 heavy (non-hydrogen) atoms. The van der Waals surface area contributed by atoms with Gasteiger partial charge in [0, 0.05) is 26.1 Å². The first-order chi connectivity index (χ1) is 18.4. The highest BCUT2D eigenvalue weighted by atomic mass is 16.5. The molecule has 1 heterocycles. The average molecular weight is 516 g/mol. The summed E-state index contributed by atoms with van der Waals surface area (Å²) in [4.78, 5) is 46.9. The maximum atomic E-state index is 13.7. The number of nitrogens with one attached hydrogen (secondary N) is 1. The van der Waals surface area contributed by atoms with Gasteiger partial charge in [0.25, 0.3) is 5.56 Å². The van der Waals surface area contributed by atoms with Crippen molar-refractivity contribution in [2.75, 3.05) is 46.9 Å². The number of fused-ring (bicyclic) bond motifs is 2. The first-order valence-electron chi connectivity index (χ1n) is 12.7. The molecule has 1 N–H and O–H groups in total. The van der Waals surface area contributed by atoms with Gasteiger partial charge >= 0.3 is 12.0 Å². The van der Waals surface area contributed by atoms with Crippen molar-refractivity contribution in [1.82, 2.24) is 24.7 Å². The van der Waals surface area contributed by atoms with E-state index in [9.17, 15) is 14.4 Å². The van der Waals surface area contributed by atoms with Gasteiger partial charge in [-0.05, 0) is 56.1 Å². The average Bonchev–Trinajstić information content (AvgIpc) is 2.91. The fourth-order valence-electron chi connectivity index (χ4n) is 4.27. The predicted molar refractivity (Wildman–Crippen MR) is 149 cm³/mol. The quantitative estimate of drug-likeness (QED) is 0.326. The van der Waals surface area contributed by atoms with Crippen molar-refractivity contribution >= 4 is 33.7 Å². The van der Waals surface area contributed by atoms with Gasteiger partial charge in [-0.25, -0.2) is 9.78 Å². The maximum absolute atomic E-state index is 13.7. The number of rotatable bonds is 10. The van der Waals surface area contributed by atoms with Crippen LogP contribution in [0.1, 0.15) is 12.7 Å². The van der Waals surface area contributed by atoms with E-state index in [4.69, 9.17) is 9.72 Å². The lowest BCUT2D eigenvalue weighted by atomic mass is 10.1. The van der Waals surface area contributed by atoms with Crippen molar-refractivity contribution in [2.24, 2.45) is 0 Å². The van der Waals surface area contributed by atoms with Gasteiger partial charge in [0.15, 0.2) is 0 Å². The Morgan fingerprint density at radius 2 is 1.68 bits per heavy atom. The number of likely N-dealkylation sites (N-methyl/N-ethyl adjacent to an activating group) is 1. The molecule has 1 aromatic heterocycles. The van der Waals surface area contributed by atoms with Crippen LogP contribution in [0.25, 0.3) is 27.4 Å². The Morgan fingerprint density at radius 3 is 2.45 bits per heavy atom. The number of carbonyl (C=O) groups excluding carboxylic acids is 2. The molecule has 0 unspecified atom stereocenters. The van der Waals surface area contributed by atoms with Gasteiger partial charge in [0.1, 0.15) is 12.4 Å². The first-order valence-corrected chi connectivity index (χ1v) is 12.7. The summed E-state index contributed by atoms with van der Waals surface area (Å²) in [5, 5.41) is 5.26. The molecule has 0 radical (unpaired) electrons. The third-order valence-corrected chi connectivity index (χ3v) is 6.24. The van der Waals surface area contributed by atoms with Crippen LogP contribution < -0.4 is 10.9 Å². The van der Waals surface area contributed by atoms with Crippen LogP contribution in [0.3, 0.4) is 0 Å². The first kappa shape index (κ1) is 26.8. The number of nitrogens with zero attached hydrogens (tertiary/aromatic N) is 4. The van der Waals surface area contributed by atoms with E-state index < -0.39 is 5.97 Å². The molecular formula is C29H33N5O4. The van der Waals surface area contributed by atoms with E-state index in [2.05, 4.69) is 5.32 Å². The van der Waals surface area contributed by atoms with E-state index in [-0.39, 0.29) is 24.7 Å². The van der Waals surface area contributed by atoms with Crippen LogP contribution in [0.4, 0.5) is 4.79 Å². The van der Waals surface area contributed by atoms with E-state index in [0.717, 1.165) is 10.8 Å². The lowest BCUT2D eigenvalue weighted by molar-refractivity contribution is -0.141. The monoisotopic (exact) mass is 515 g/mol. The molecule has 0 aliphatic heterocycles. The molecule has 4 rings (SSSR count). The minimum Gasteiger partial charge on any atom is -0.465 e. The third-order valence-electron chi connectivity index (χ3n) is 6.24. The van der Waals surface area contributed by atoms with Crippen molar-refractivity contribution in [1.29, 1.82) is 0 Å². The number of ether oxygens (including phenoxy) is 1. The standard InChI is InChI=1S/C29H33N5O4/c1-4-38-27(35)20-30-29(37)33(18-17-32(2)3)16-15-26-31-25-12-8-7-11-24(25)28(36)34(26)23-14-13-21-9-5-6-10-22(21)19-23/h5-14,19H,4,15-18,20H2,1-3H3,(H,30,37). The zero-order valence-corrected chi connectivity index (χ0v) is 22.0. The SMILES string of the molecule is CCOC(=O)CNC(=O)N(CCc1nc2ccccc2c(=O)n1-c1ccc2ccccc2c1)CCN(C)C. The molecule has 0 spiro atoms. The minimum absolute atomic E-state index is 0.160. The summed E-state index contributed by atoms with van der Waals surface area (Å²) in [7, 11) is 3.86. The molecular weight excluding hydrogens is 482 g/mol. The molecule has 0 atom stereocenters. The number of hydrogen-bond donors (Lipinski definition) is 1. The molecule has 9 nitrogen and oxygen atoms in total. The fraction of sp³-hybridized carbons (Fsp3) is 0.310. The van der Waals surface area contributed by atoms with E-state index >= 15 is 0 Å². The molecule has 4 aromatic rings. The van der Waals surface area contributed by atoms with Crippen LogP contribution in [-0.4, -0.2) is 78.2 Å². The Bertz CT molecular complexity index is 1500. The number of amides is 2. The summed E-state index contributed by atoms with van der Waals surface area (Å²) in [5.41, 5.74) is 1.16. The summed E-state index contributed by atoms with van der Waals surface area (Å²) in [6.07, 6.45) is 0.340. The highest BCUT2D eigenvalue weighted by Crippen LogP contribution is 2.20. The predicted octanol–water partition coefficient (Wildman–Crippen LogP) is 3.22. The Hall–Kier alpha value is -4.24. The highest BCUT2D eigenvalue weighted by Gasteiger charge is 2.18. The number of hydrogen-bond acceptors (Lipinski definition) is 6. The molecule has 0 aliphatic rings. The highest BCUT2D eigenvalue weighted by molar-refractivity contribution is 5.85. The van der Waals surface area contributed by atoms with E-state index in [1.807, 2.05) is 79.7 Å². The summed E-state index contributed by atoms with van der Waals surface area (Å²) in [6.45, 7) is 3.14. The van der Waals surface area contributed by atoms with Gasteiger partial charge < -0.3 is 19.9 Å². The molecule has 0 fully saturated rings. The molecule has 2 amide bonds. The lowest BCUT2D eigenvalue weighted by Crippen LogP contribution is -2.46. The van der Waals surface area contributed by atoms with Crippen LogP contribution in [0, 0.1) is 0 Å². The molecule has 9 heteroatoms. The van der Waals surface area contributed by atoms with E-state index in [1.165, 1.54) is 0 Å². The van der Waals surface area contributed by atoms with Gasteiger partial charge in [0.2, 0.25) is 0 Å².